The van der Waals surface area contributed by atoms with Crippen molar-refractivity contribution in [3.8, 4) is 0 Å². The number of fused-ring (bicyclic) bond motifs is 1. The first-order valence-electron chi connectivity index (χ1n) is 14.5. The molecule has 38 heavy (non-hydrogen) atoms. The maximum atomic E-state index is 14.2. The Morgan fingerprint density at radius 3 is 2.61 bits per heavy atom. The predicted octanol–water partition coefficient (Wildman–Crippen LogP) is 3.87. The summed E-state index contributed by atoms with van der Waals surface area (Å²) < 4.78 is 12.5. The Hall–Kier alpha value is -2.19. The zero-order valence-electron chi connectivity index (χ0n) is 23.7. The quantitative estimate of drug-likeness (QED) is 0.174. The van der Waals surface area contributed by atoms with Crippen LogP contribution in [0.5, 0.6) is 0 Å². The highest BCUT2D eigenvalue weighted by molar-refractivity contribution is 5.98. The molecule has 1 spiro atoms. The number of hydrogen-bond acceptors (Lipinski definition) is 6. The SMILES string of the molecule is C=CCCCCOC(=O)[C@@H]1[C@H]2C(=O)N(CCCCO)C(C(=O)N(CC=C)CCCCC)C23CC(C)[C@@]1(C)O3. The van der Waals surface area contributed by atoms with Crippen molar-refractivity contribution in [3.63, 3.8) is 0 Å². The number of unbranched alkanes of at least 4 members (excludes halogenated alkanes) is 5. The lowest BCUT2D eigenvalue weighted by Gasteiger charge is -2.37. The van der Waals surface area contributed by atoms with Gasteiger partial charge in [-0.1, -0.05) is 38.8 Å². The molecule has 0 aliphatic carbocycles. The number of carbonyl (C=O) groups excluding carboxylic acids is 3. The van der Waals surface area contributed by atoms with Gasteiger partial charge in [-0.15, -0.1) is 13.2 Å². The molecule has 2 amide bonds. The van der Waals surface area contributed by atoms with Crippen LogP contribution in [0.15, 0.2) is 25.3 Å². The number of nitrogens with zero attached hydrogens (tertiary/aromatic N) is 2. The number of esters is 1. The summed E-state index contributed by atoms with van der Waals surface area (Å²) in [5.74, 6) is -2.30. The zero-order chi connectivity index (χ0) is 27.9. The van der Waals surface area contributed by atoms with Crippen LogP contribution < -0.4 is 0 Å². The zero-order valence-corrected chi connectivity index (χ0v) is 23.7. The number of ether oxygens (including phenoxy) is 2. The van der Waals surface area contributed by atoms with Gasteiger partial charge in [0.05, 0.1) is 18.1 Å². The van der Waals surface area contributed by atoms with E-state index in [1.807, 2.05) is 19.9 Å². The number of likely N-dealkylation sites (tertiary alicyclic amines) is 1. The molecular formula is C30H48N2O6. The summed E-state index contributed by atoms with van der Waals surface area (Å²) in [6.45, 7) is 15.2. The van der Waals surface area contributed by atoms with Crippen LogP contribution in [-0.4, -0.2) is 82.8 Å². The number of aliphatic hydroxyl groups is 1. The second-order valence-electron chi connectivity index (χ2n) is 11.4. The second-order valence-corrected chi connectivity index (χ2v) is 11.4. The molecule has 3 saturated heterocycles. The molecule has 214 valence electrons. The molecule has 0 aromatic carbocycles. The lowest BCUT2D eigenvalue weighted by Crippen LogP contribution is -2.56. The van der Waals surface area contributed by atoms with E-state index in [1.165, 1.54) is 0 Å². The van der Waals surface area contributed by atoms with Crippen molar-refractivity contribution in [2.45, 2.75) is 95.8 Å². The Labute approximate surface area is 228 Å². The standard InChI is InChI=1S/C30H48N2O6/c1-6-9-11-15-20-37-28(36)24-23-26(34)32(18-13-14-19-33)25(30(23)21-22(4)29(24,5)38-30)27(35)31(16-8-3)17-12-10-7-2/h6,8,22-25,33H,1,3,7,9-21H2,2,4-5H3/t22?,23-,24-,25?,29+,30?/m0/s1. The molecule has 8 nitrogen and oxygen atoms in total. The normalized spacial score (nSPS) is 31.4. The monoisotopic (exact) mass is 532 g/mol. The largest absolute Gasteiger partial charge is 0.465 e. The first-order chi connectivity index (χ1) is 18.2. The van der Waals surface area contributed by atoms with E-state index in [9.17, 15) is 19.5 Å². The van der Waals surface area contributed by atoms with Crippen LogP contribution in [0.3, 0.4) is 0 Å². The molecule has 1 N–H and O–H groups in total. The van der Waals surface area contributed by atoms with Gasteiger partial charge in [-0.25, -0.2) is 0 Å². The molecule has 8 heteroatoms. The van der Waals surface area contributed by atoms with Gasteiger partial charge in [0.25, 0.3) is 0 Å². The Morgan fingerprint density at radius 1 is 1.18 bits per heavy atom. The van der Waals surface area contributed by atoms with Crippen LogP contribution in [0.25, 0.3) is 0 Å². The van der Waals surface area contributed by atoms with E-state index in [1.54, 1.807) is 15.9 Å². The number of allylic oxidation sites excluding steroid dienone is 1. The fourth-order valence-electron chi connectivity index (χ4n) is 6.84. The van der Waals surface area contributed by atoms with E-state index in [-0.39, 0.29) is 30.9 Å². The van der Waals surface area contributed by atoms with Crippen molar-refractivity contribution in [2.24, 2.45) is 17.8 Å². The number of hydrogen-bond donors (Lipinski definition) is 1. The molecule has 3 unspecified atom stereocenters. The second kappa shape index (κ2) is 13.2. The highest BCUT2D eigenvalue weighted by Gasteiger charge is 2.80. The molecule has 3 fully saturated rings. The first-order valence-corrected chi connectivity index (χ1v) is 14.5. The van der Waals surface area contributed by atoms with Crippen LogP contribution in [0.2, 0.25) is 0 Å². The average Bonchev–Trinajstić information content (AvgIpc) is 3.40. The van der Waals surface area contributed by atoms with Crippen molar-refractivity contribution in [2.75, 3.05) is 32.8 Å². The van der Waals surface area contributed by atoms with Crippen LogP contribution in [0.4, 0.5) is 0 Å². The van der Waals surface area contributed by atoms with Crippen molar-refractivity contribution >= 4 is 17.8 Å². The van der Waals surface area contributed by atoms with E-state index in [0.717, 1.165) is 38.5 Å². The maximum absolute atomic E-state index is 14.2. The maximum Gasteiger partial charge on any atom is 0.312 e. The van der Waals surface area contributed by atoms with E-state index in [2.05, 4.69) is 20.1 Å². The minimum atomic E-state index is -1.07. The average molecular weight is 533 g/mol. The summed E-state index contributed by atoms with van der Waals surface area (Å²) in [6.07, 6.45) is 10.6. The van der Waals surface area contributed by atoms with Crippen LogP contribution >= 0.6 is 0 Å². The first kappa shape index (κ1) is 30.4. The molecule has 0 saturated carbocycles. The molecule has 3 aliphatic rings. The minimum absolute atomic E-state index is 0.0151. The lowest BCUT2D eigenvalue weighted by atomic mass is 9.62. The molecule has 0 aromatic heterocycles. The summed E-state index contributed by atoms with van der Waals surface area (Å²) >= 11 is 0. The minimum Gasteiger partial charge on any atom is -0.465 e. The third-order valence-electron chi connectivity index (χ3n) is 8.85. The highest BCUT2D eigenvalue weighted by atomic mass is 16.6. The molecule has 2 bridgehead atoms. The van der Waals surface area contributed by atoms with Crippen molar-refractivity contribution in [1.82, 2.24) is 9.80 Å². The van der Waals surface area contributed by atoms with E-state index in [4.69, 9.17) is 9.47 Å². The number of rotatable bonds is 17. The Balaban J connectivity index is 1.94. The van der Waals surface area contributed by atoms with Crippen LogP contribution in [0.1, 0.15) is 78.6 Å². The van der Waals surface area contributed by atoms with Gasteiger partial charge in [0, 0.05) is 26.2 Å². The van der Waals surface area contributed by atoms with Gasteiger partial charge in [-0.2, -0.15) is 0 Å². The highest BCUT2D eigenvalue weighted by Crippen LogP contribution is 2.65. The predicted molar refractivity (Wildman–Crippen MR) is 146 cm³/mol. The third kappa shape index (κ3) is 5.57. The summed E-state index contributed by atoms with van der Waals surface area (Å²) in [5, 5.41) is 9.36. The fraction of sp³-hybridized carbons (Fsp3) is 0.767. The molecular weight excluding hydrogens is 484 g/mol. The number of amides is 2. The number of aliphatic hydroxyl groups excluding tert-OH is 1. The Bertz CT molecular complexity index is 877. The van der Waals surface area contributed by atoms with Gasteiger partial charge in [-0.3, -0.25) is 14.4 Å². The van der Waals surface area contributed by atoms with Crippen LogP contribution in [0, 0.1) is 17.8 Å². The molecule has 0 aromatic rings. The molecule has 6 atom stereocenters. The number of carbonyl (C=O) groups is 3. The smallest absolute Gasteiger partial charge is 0.312 e. The van der Waals surface area contributed by atoms with Gasteiger partial charge in [0.2, 0.25) is 11.8 Å². The molecule has 3 aliphatic heterocycles. The van der Waals surface area contributed by atoms with E-state index in [0.29, 0.717) is 38.9 Å². The van der Waals surface area contributed by atoms with E-state index < -0.39 is 35.0 Å². The van der Waals surface area contributed by atoms with Gasteiger partial charge in [0.1, 0.15) is 17.6 Å². The van der Waals surface area contributed by atoms with Crippen molar-refractivity contribution < 1.29 is 29.0 Å². The summed E-state index contributed by atoms with van der Waals surface area (Å²) in [4.78, 5) is 45.3. The van der Waals surface area contributed by atoms with E-state index >= 15 is 0 Å². The Kier molecular flexibility index (Phi) is 10.6. The van der Waals surface area contributed by atoms with Gasteiger partial charge >= 0.3 is 5.97 Å². The summed E-state index contributed by atoms with van der Waals surface area (Å²) in [6, 6.07) is -0.810. The van der Waals surface area contributed by atoms with Gasteiger partial charge in [-0.05, 0) is 57.8 Å². The molecule has 3 rings (SSSR count). The van der Waals surface area contributed by atoms with Crippen molar-refractivity contribution in [1.29, 1.82) is 0 Å². The molecule has 0 radical (unpaired) electrons. The summed E-state index contributed by atoms with van der Waals surface area (Å²) in [7, 11) is 0. The lowest BCUT2D eigenvalue weighted by molar-refractivity contribution is -0.162. The summed E-state index contributed by atoms with van der Waals surface area (Å²) in [5.41, 5.74) is -1.95. The van der Waals surface area contributed by atoms with Crippen molar-refractivity contribution in [3.05, 3.63) is 25.3 Å². The fourth-order valence-corrected chi connectivity index (χ4v) is 6.84. The van der Waals surface area contributed by atoms with Gasteiger partial charge < -0.3 is 24.4 Å². The molecule has 3 heterocycles. The van der Waals surface area contributed by atoms with Gasteiger partial charge in [0.15, 0.2) is 0 Å². The van der Waals surface area contributed by atoms with Crippen LogP contribution in [-0.2, 0) is 23.9 Å². The third-order valence-corrected chi connectivity index (χ3v) is 8.85. The topological polar surface area (TPSA) is 96.4 Å². The Morgan fingerprint density at radius 2 is 1.95 bits per heavy atom.